The fourth-order valence-corrected chi connectivity index (χ4v) is 3.07. The number of nitrogens with one attached hydrogen (secondary N) is 1. The number of carbonyl (C=O) groups is 1. The summed E-state index contributed by atoms with van der Waals surface area (Å²) >= 11 is 1.40. The molecule has 0 unspecified atom stereocenters. The molecule has 120 valence electrons. The van der Waals surface area contributed by atoms with Crippen LogP contribution in [-0.2, 0) is 4.79 Å². The van der Waals surface area contributed by atoms with E-state index in [1.54, 1.807) is 12.3 Å². The van der Waals surface area contributed by atoms with E-state index >= 15 is 0 Å². The maximum absolute atomic E-state index is 12.2. The molecule has 2 aromatic heterocycles. The Hall–Kier alpha value is -2.55. The number of hydrogen-bond acceptors (Lipinski definition) is 7. The molecule has 1 saturated heterocycles. The SMILES string of the molecule is O=C(Nc1nccs1)C1CCN(c2ccc([N+](=O)[O-])cn2)CC1. The molecule has 1 aliphatic heterocycles. The molecule has 1 fully saturated rings. The van der Waals surface area contributed by atoms with Crippen LogP contribution in [0.25, 0.3) is 0 Å². The molecule has 1 aliphatic rings. The number of hydrogen-bond donors (Lipinski definition) is 1. The van der Waals surface area contributed by atoms with Crippen molar-refractivity contribution in [2.24, 2.45) is 5.92 Å². The van der Waals surface area contributed by atoms with Crippen LogP contribution < -0.4 is 10.2 Å². The zero-order chi connectivity index (χ0) is 16.2. The van der Waals surface area contributed by atoms with E-state index in [9.17, 15) is 14.9 Å². The van der Waals surface area contributed by atoms with Gasteiger partial charge in [0.2, 0.25) is 5.91 Å². The lowest BCUT2D eigenvalue weighted by atomic mass is 9.96. The lowest BCUT2D eigenvalue weighted by molar-refractivity contribution is -0.385. The van der Waals surface area contributed by atoms with Crippen molar-refractivity contribution in [3.8, 4) is 0 Å². The van der Waals surface area contributed by atoms with Gasteiger partial charge in [-0.25, -0.2) is 9.97 Å². The number of rotatable bonds is 4. The second-order valence-corrected chi connectivity index (χ2v) is 6.11. The third-order valence-electron chi connectivity index (χ3n) is 3.80. The number of nitrogens with zero attached hydrogens (tertiary/aromatic N) is 4. The lowest BCUT2D eigenvalue weighted by Crippen LogP contribution is -2.38. The van der Waals surface area contributed by atoms with E-state index in [1.165, 1.54) is 23.6 Å². The van der Waals surface area contributed by atoms with Gasteiger partial charge in [0.1, 0.15) is 12.0 Å². The van der Waals surface area contributed by atoms with Gasteiger partial charge in [-0.3, -0.25) is 14.9 Å². The van der Waals surface area contributed by atoms with Crippen molar-refractivity contribution >= 4 is 33.9 Å². The van der Waals surface area contributed by atoms with Gasteiger partial charge in [0.15, 0.2) is 5.13 Å². The summed E-state index contributed by atoms with van der Waals surface area (Å²) in [4.78, 5) is 32.6. The topological polar surface area (TPSA) is 101 Å². The average molecular weight is 333 g/mol. The van der Waals surface area contributed by atoms with E-state index in [0.29, 0.717) is 24.0 Å². The first-order chi connectivity index (χ1) is 11.1. The molecule has 0 aliphatic carbocycles. The minimum absolute atomic E-state index is 0.00346. The number of pyridine rings is 1. The summed E-state index contributed by atoms with van der Waals surface area (Å²) < 4.78 is 0. The van der Waals surface area contributed by atoms with Crippen LogP contribution in [0.2, 0.25) is 0 Å². The molecule has 0 saturated carbocycles. The number of piperidine rings is 1. The fourth-order valence-electron chi connectivity index (χ4n) is 2.54. The van der Waals surface area contributed by atoms with Crippen LogP contribution in [0.3, 0.4) is 0 Å². The van der Waals surface area contributed by atoms with Gasteiger partial charge in [0.05, 0.1) is 4.92 Å². The minimum Gasteiger partial charge on any atom is -0.357 e. The van der Waals surface area contributed by atoms with Crippen LogP contribution in [0.1, 0.15) is 12.8 Å². The third-order valence-corrected chi connectivity index (χ3v) is 4.48. The van der Waals surface area contributed by atoms with Crippen molar-refractivity contribution in [2.45, 2.75) is 12.8 Å². The highest BCUT2D eigenvalue weighted by atomic mass is 32.1. The summed E-state index contributed by atoms with van der Waals surface area (Å²) in [6.07, 6.45) is 4.35. The van der Waals surface area contributed by atoms with Crippen LogP contribution in [0.5, 0.6) is 0 Å². The standard InChI is InChI=1S/C14H15N5O3S/c20-13(17-14-15-5-8-23-14)10-3-6-18(7-4-10)12-2-1-11(9-16-12)19(21)22/h1-2,5,8-10H,3-4,6-7H2,(H,15,17,20). The van der Waals surface area contributed by atoms with Crippen LogP contribution >= 0.6 is 11.3 Å². The van der Waals surface area contributed by atoms with E-state index in [-0.39, 0.29) is 17.5 Å². The van der Waals surface area contributed by atoms with Gasteiger partial charge in [-0.2, -0.15) is 0 Å². The van der Waals surface area contributed by atoms with E-state index in [2.05, 4.69) is 15.3 Å². The molecule has 1 N–H and O–H groups in total. The van der Waals surface area contributed by atoms with Crippen molar-refractivity contribution < 1.29 is 9.72 Å². The van der Waals surface area contributed by atoms with E-state index in [4.69, 9.17) is 0 Å². The summed E-state index contributed by atoms with van der Waals surface area (Å²) in [7, 11) is 0. The predicted octanol–water partition coefficient (Wildman–Crippen LogP) is 2.30. The monoisotopic (exact) mass is 333 g/mol. The number of carbonyl (C=O) groups excluding carboxylic acids is 1. The first-order valence-electron chi connectivity index (χ1n) is 7.19. The summed E-state index contributed by atoms with van der Waals surface area (Å²) in [6, 6.07) is 3.09. The molecule has 3 heterocycles. The Morgan fingerprint density at radius 2 is 2.13 bits per heavy atom. The highest BCUT2D eigenvalue weighted by Crippen LogP contribution is 2.24. The van der Waals surface area contributed by atoms with Crippen molar-refractivity contribution in [3.63, 3.8) is 0 Å². The minimum atomic E-state index is -0.466. The fraction of sp³-hybridized carbons (Fsp3) is 0.357. The molecule has 0 aromatic carbocycles. The molecule has 0 atom stereocenters. The molecule has 0 radical (unpaired) electrons. The molecule has 0 bridgehead atoms. The van der Waals surface area contributed by atoms with Gasteiger partial charge in [-0.05, 0) is 18.9 Å². The molecular weight excluding hydrogens is 318 g/mol. The van der Waals surface area contributed by atoms with Crippen molar-refractivity contribution in [1.29, 1.82) is 0 Å². The number of nitro groups is 1. The maximum atomic E-state index is 12.2. The van der Waals surface area contributed by atoms with Gasteiger partial charge in [-0.15, -0.1) is 11.3 Å². The van der Waals surface area contributed by atoms with Crippen molar-refractivity contribution in [1.82, 2.24) is 9.97 Å². The Kier molecular flexibility index (Phi) is 4.47. The average Bonchev–Trinajstić information content (AvgIpc) is 3.08. The zero-order valence-corrected chi connectivity index (χ0v) is 13.0. The maximum Gasteiger partial charge on any atom is 0.287 e. The molecule has 0 spiro atoms. The highest BCUT2D eigenvalue weighted by molar-refractivity contribution is 7.13. The first kappa shape index (κ1) is 15.3. The van der Waals surface area contributed by atoms with Crippen molar-refractivity contribution in [2.75, 3.05) is 23.3 Å². The third kappa shape index (κ3) is 3.62. The molecule has 8 nitrogen and oxygen atoms in total. The van der Waals surface area contributed by atoms with Gasteiger partial charge < -0.3 is 10.2 Å². The number of amides is 1. The zero-order valence-electron chi connectivity index (χ0n) is 12.2. The second kappa shape index (κ2) is 6.69. The Bertz CT molecular complexity index is 681. The Labute approximate surface area is 136 Å². The van der Waals surface area contributed by atoms with Gasteiger partial charge in [0, 0.05) is 36.7 Å². The normalized spacial score (nSPS) is 15.4. The number of aromatic nitrogens is 2. The summed E-state index contributed by atoms with van der Waals surface area (Å²) in [5.41, 5.74) is -0.0218. The number of thiazole rings is 1. The van der Waals surface area contributed by atoms with Crippen LogP contribution in [0, 0.1) is 16.0 Å². The summed E-state index contributed by atoms with van der Waals surface area (Å²) in [6.45, 7) is 1.39. The Morgan fingerprint density at radius 3 is 2.70 bits per heavy atom. The molecular formula is C14H15N5O3S. The molecule has 23 heavy (non-hydrogen) atoms. The quantitative estimate of drug-likeness (QED) is 0.680. The molecule has 3 rings (SSSR count). The Balaban J connectivity index is 1.55. The van der Waals surface area contributed by atoms with E-state index in [1.807, 2.05) is 10.3 Å². The summed E-state index contributed by atoms with van der Waals surface area (Å²) in [5, 5.41) is 15.9. The van der Waals surface area contributed by atoms with Crippen LogP contribution in [-0.4, -0.2) is 33.9 Å². The molecule has 2 aromatic rings. The lowest BCUT2D eigenvalue weighted by Gasteiger charge is -2.31. The summed E-state index contributed by atoms with van der Waals surface area (Å²) in [5.74, 6) is 0.652. The predicted molar refractivity (Wildman–Crippen MR) is 86.6 cm³/mol. The first-order valence-corrected chi connectivity index (χ1v) is 8.07. The second-order valence-electron chi connectivity index (χ2n) is 5.22. The van der Waals surface area contributed by atoms with Crippen LogP contribution in [0.15, 0.2) is 29.9 Å². The molecule has 9 heteroatoms. The number of anilines is 2. The Morgan fingerprint density at radius 1 is 1.35 bits per heavy atom. The van der Waals surface area contributed by atoms with Gasteiger partial charge in [0.25, 0.3) is 5.69 Å². The van der Waals surface area contributed by atoms with Crippen molar-refractivity contribution in [3.05, 3.63) is 40.0 Å². The van der Waals surface area contributed by atoms with Gasteiger partial charge in [-0.1, -0.05) is 0 Å². The van der Waals surface area contributed by atoms with Gasteiger partial charge >= 0.3 is 0 Å². The highest BCUT2D eigenvalue weighted by Gasteiger charge is 2.26. The largest absolute Gasteiger partial charge is 0.357 e. The van der Waals surface area contributed by atoms with Crippen LogP contribution in [0.4, 0.5) is 16.6 Å². The van der Waals surface area contributed by atoms with E-state index < -0.39 is 4.92 Å². The van der Waals surface area contributed by atoms with E-state index in [0.717, 1.165) is 12.8 Å². The smallest absolute Gasteiger partial charge is 0.287 e. The molecule has 1 amide bonds.